The Morgan fingerprint density at radius 1 is 0.810 bits per heavy atom. The molecule has 0 bridgehead atoms. The van der Waals surface area contributed by atoms with E-state index in [1.807, 2.05) is 0 Å². The van der Waals surface area contributed by atoms with Gasteiger partial charge in [0.25, 0.3) is 0 Å². The summed E-state index contributed by atoms with van der Waals surface area (Å²) in [4.78, 5) is 0. The zero-order chi connectivity index (χ0) is 15.5. The first-order valence-electron chi connectivity index (χ1n) is 5.62. The molecular formula is C13H10F3IO3S. The number of rotatable bonds is 4. The van der Waals surface area contributed by atoms with E-state index in [4.69, 9.17) is 0 Å². The second-order valence-electron chi connectivity index (χ2n) is 3.80. The fraction of sp³-hybridized carbons (Fsp3) is 0.0769. The summed E-state index contributed by atoms with van der Waals surface area (Å²) in [7, 11) is -5.62. The number of halogens is 4. The molecule has 3 nitrogen and oxygen atoms in total. The molecular weight excluding hydrogens is 420 g/mol. The maximum atomic E-state index is 12.5. The van der Waals surface area contributed by atoms with Gasteiger partial charge in [0.2, 0.25) is 0 Å². The Bertz CT molecular complexity index is 648. The van der Waals surface area contributed by atoms with Crippen molar-refractivity contribution in [2.75, 3.05) is 0 Å². The normalized spacial score (nSPS) is 13.0. The Hall–Kier alpha value is -1.13. The van der Waals surface area contributed by atoms with Crippen LogP contribution in [0.25, 0.3) is 0 Å². The third-order valence-corrected chi connectivity index (χ3v) is 9.35. The van der Waals surface area contributed by atoms with E-state index >= 15 is 0 Å². The van der Waals surface area contributed by atoms with E-state index < -0.39 is 35.9 Å². The zero-order valence-electron chi connectivity index (χ0n) is 10.4. The van der Waals surface area contributed by atoms with E-state index in [1.54, 1.807) is 60.7 Å². The first-order chi connectivity index (χ1) is 9.81. The van der Waals surface area contributed by atoms with Crippen molar-refractivity contribution < 1.29 is 24.1 Å². The molecule has 0 N–H and O–H groups in total. The van der Waals surface area contributed by atoms with Gasteiger partial charge in [-0.05, 0) is 0 Å². The fourth-order valence-electron chi connectivity index (χ4n) is 1.38. The summed E-state index contributed by atoms with van der Waals surface area (Å²) in [5.74, 6) is 0. The molecule has 0 amide bonds. The molecule has 0 aromatic heterocycles. The van der Waals surface area contributed by atoms with Gasteiger partial charge in [0.15, 0.2) is 0 Å². The van der Waals surface area contributed by atoms with Gasteiger partial charge in [0.1, 0.15) is 0 Å². The molecule has 21 heavy (non-hydrogen) atoms. The molecule has 2 aromatic carbocycles. The first kappa shape index (κ1) is 16.2. The monoisotopic (exact) mass is 430 g/mol. The van der Waals surface area contributed by atoms with Crippen molar-refractivity contribution in [3.8, 4) is 0 Å². The van der Waals surface area contributed by atoms with Crippen LogP contribution in [0.5, 0.6) is 0 Å². The number of alkyl halides is 3. The minimum atomic E-state index is -5.62. The number of hydrogen-bond acceptors (Lipinski definition) is 3. The molecule has 114 valence electrons. The number of benzene rings is 2. The molecule has 0 radical (unpaired) electrons. The van der Waals surface area contributed by atoms with Crippen molar-refractivity contribution in [2.24, 2.45) is 0 Å². The molecule has 2 aromatic rings. The Labute approximate surface area is 127 Å². The van der Waals surface area contributed by atoms with Gasteiger partial charge in [0, 0.05) is 0 Å². The standard InChI is InChI=1S/C13H10F3IO3S/c14-13(15,16)21(18,19)20-17(11-7-3-1-4-8-11)12-9-5-2-6-10-12/h1-10H. The van der Waals surface area contributed by atoms with Gasteiger partial charge < -0.3 is 0 Å². The molecule has 8 heteroatoms. The molecule has 0 aliphatic heterocycles. The Morgan fingerprint density at radius 2 is 1.19 bits per heavy atom. The molecule has 0 aliphatic carbocycles. The summed E-state index contributed by atoms with van der Waals surface area (Å²) in [6.45, 7) is 0. The van der Waals surface area contributed by atoms with Crippen LogP contribution >= 0.6 is 20.2 Å². The summed E-state index contributed by atoms with van der Waals surface area (Å²) in [6, 6.07) is 16.2. The van der Waals surface area contributed by atoms with E-state index in [2.05, 4.69) is 2.51 Å². The summed E-state index contributed by atoms with van der Waals surface area (Å²) >= 11 is -3.19. The SMILES string of the molecule is O=S(=O)(OI(c1ccccc1)c1ccccc1)C(F)(F)F. The van der Waals surface area contributed by atoms with Crippen molar-refractivity contribution >= 4 is 30.4 Å². The van der Waals surface area contributed by atoms with E-state index in [0.717, 1.165) is 0 Å². The van der Waals surface area contributed by atoms with Gasteiger partial charge in [-0.15, -0.1) is 0 Å². The van der Waals surface area contributed by atoms with Crippen molar-refractivity contribution in [1.82, 2.24) is 0 Å². The molecule has 0 unspecified atom stereocenters. The molecule has 0 heterocycles. The predicted molar refractivity (Wildman–Crippen MR) is 80.4 cm³/mol. The molecule has 0 saturated carbocycles. The van der Waals surface area contributed by atoms with Crippen LogP contribution in [0.2, 0.25) is 0 Å². The summed E-state index contributed by atoms with van der Waals surface area (Å²) in [5, 5.41) is 0. The third-order valence-electron chi connectivity index (χ3n) is 2.29. The van der Waals surface area contributed by atoms with E-state index in [9.17, 15) is 21.6 Å². The van der Waals surface area contributed by atoms with Crippen molar-refractivity contribution in [3.63, 3.8) is 0 Å². The van der Waals surface area contributed by atoms with Gasteiger partial charge in [-0.25, -0.2) is 0 Å². The summed E-state index contributed by atoms with van der Waals surface area (Å²) in [5.41, 5.74) is -5.42. The van der Waals surface area contributed by atoms with Crippen molar-refractivity contribution in [1.29, 1.82) is 0 Å². The van der Waals surface area contributed by atoms with Gasteiger partial charge in [-0.2, -0.15) is 0 Å². The minimum absolute atomic E-state index is 0.473. The van der Waals surface area contributed by atoms with Crippen molar-refractivity contribution in [3.05, 3.63) is 67.8 Å². The molecule has 2 rings (SSSR count). The van der Waals surface area contributed by atoms with Crippen LogP contribution in [0.15, 0.2) is 60.7 Å². The van der Waals surface area contributed by atoms with E-state index in [1.165, 1.54) is 0 Å². The first-order valence-corrected chi connectivity index (χ1v) is 10.1. The van der Waals surface area contributed by atoms with Crippen LogP contribution in [-0.4, -0.2) is 13.9 Å². The quantitative estimate of drug-likeness (QED) is 0.544. The summed E-state index contributed by atoms with van der Waals surface area (Å²) < 4.78 is 65.7. The Kier molecular flexibility index (Phi) is 4.89. The van der Waals surface area contributed by atoms with Crippen LogP contribution in [0.3, 0.4) is 0 Å². The maximum absolute atomic E-state index is 12.5. The van der Waals surface area contributed by atoms with E-state index in [-0.39, 0.29) is 0 Å². The van der Waals surface area contributed by atoms with Crippen LogP contribution < -0.4 is 0 Å². The van der Waals surface area contributed by atoms with Gasteiger partial charge in [0.05, 0.1) is 0 Å². The second-order valence-corrected chi connectivity index (χ2v) is 10.3. The molecule has 0 spiro atoms. The Morgan fingerprint density at radius 3 is 1.52 bits per heavy atom. The van der Waals surface area contributed by atoms with Crippen LogP contribution in [0.4, 0.5) is 13.2 Å². The van der Waals surface area contributed by atoms with Gasteiger partial charge in [-0.1, -0.05) is 0 Å². The number of hydrogen-bond donors (Lipinski definition) is 0. The van der Waals surface area contributed by atoms with Crippen LogP contribution in [-0.2, 0) is 12.6 Å². The van der Waals surface area contributed by atoms with Gasteiger partial charge >= 0.3 is 128 Å². The second kappa shape index (κ2) is 6.32. The predicted octanol–water partition coefficient (Wildman–Crippen LogP) is 4.01. The third kappa shape index (κ3) is 3.95. The average Bonchev–Trinajstić information content (AvgIpc) is 2.45. The van der Waals surface area contributed by atoms with Gasteiger partial charge in [-0.3, -0.25) is 0 Å². The fourth-order valence-corrected chi connectivity index (χ4v) is 7.89. The van der Waals surface area contributed by atoms with Crippen LogP contribution in [0, 0.1) is 7.14 Å². The molecule has 0 fully saturated rings. The average molecular weight is 430 g/mol. The topological polar surface area (TPSA) is 43.4 Å². The summed E-state index contributed by atoms with van der Waals surface area (Å²) in [6.07, 6.45) is 0. The van der Waals surface area contributed by atoms with Crippen LogP contribution in [0.1, 0.15) is 0 Å². The molecule has 0 atom stereocenters. The molecule has 0 aliphatic rings. The molecule has 0 saturated heterocycles. The van der Waals surface area contributed by atoms with Crippen molar-refractivity contribution in [2.45, 2.75) is 5.51 Å². The van der Waals surface area contributed by atoms with E-state index in [0.29, 0.717) is 7.14 Å². The Balaban J connectivity index is 2.44. The zero-order valence-corrected chi connectivity index (χ0v) is 13.4.